The zero-order chi connectivity index (χ0) is 28.7. The van der Waals surface area contributed by atoms with Crippen molar-refractivity contribution in [2.24, 2.45) is 5.41 Å². The third kappa shape index (κ3) is 5.84. The molecular weight excluding hydrogens is 581 g/mol. The van der Waals surface area contributed by atoms with Crippen LogP contribution in [-0.4, -0.2) is 45.0 Å². The van der Waals surface area contributed by atoms with Crippen LogP contribution < -0.4 is 4.31 Å². The summed E-state index contributed by atoms with van der Waals surface area (Å²) >= 11 is 12.2. The van der Waals surface area contributed by atoms with Gasteiger partial charge in [-0.15, -0.1) is 0 Å². The fourth-order valence-corrected chi connectivity index (χ4v) is 7.64. The Morgan fingerprint density at radius 1 is 1.08 bits per heavy atom. The Bertz CT molecular complexity index is 1680. The average molecular weight is 609 g/mol. The van der Waals surface area contributed by atoms with E-state index in [2.05, 4.69) is 4.98 Å². The molecule has 2 aromatic carbocycles. The van der Waals surface area contributed by atoms with Crippen LogP contribution in [0.4, 0.5) is 5.69 Å². The second-order valence-corrected chi connectivity index (χ2v) is 14.4. The third-order valence-corrected chi connectivity index (χ3v) is 9.61. The van der Waals surface area contributed by atoms with Gasteiger partial charge in [0.05, 0.1) is 26.9 Å². The van der Waals surface area contributed by atoms with Crippen molar-refractivity contribution in [1.29, 1.82) is 0 Å². The van der Waals surface area contributed by atoms with Gasteiger partial charge in [-0.3, -0.25) is 8.51 Å². The first-order chi connectivity index (χ1) is 18.2. The first kappa shape index (κ1) is 29.1. The molecule has 8 nitrogen and oxygen atoms in total. The highest BCUT2D eigenvalue weighted by molar-refractivity contribution is 7.93. The molecule has 12 heteroatoms. The Hall–Kier alpha value is -2.92. The lowest BCUT2D eigenvalue weighted by Crippen LogP contribution is -2.52. The molecule has 0 saturated heterocycles. The van der Waals surface area contributed by atoms with E-state index in [0.717, 1.165) is 4.31 Å². The molecule has 0 aliphatic carbocycles. The minimum atomic E-state index is -4.43. The van der Waals surface area contributed by atoms with Gasteiger partial charge < -0.3 is 9.67 Å². The Morgan fingerprint density at radius 3 is 2.33 bits per heavy atom. The topological polar surface area (TPSA) is 110 Å². The second kappa shape index (κ2) is 10.9. The van der Waals surface area contributed by atoms with E-state index in [9.17, 15) is 22.5 Å². The summed E-state index contributed by atoms with van der Waals surface area (Å²) < 4.78 is 43.1. The van der Waals surface area contributed by atoms with E-state index >= 15 is 0 Å². The van der Waals surface area contributed by atoms with Crippen LogP contribution in [0, 0.1) is 5.41 Å². The van der Waals surface area contributed by atoms with Crippen LogP contribution in [0.5, 0.6) is 0 Å². The summed E-state index contributed by atoms with van der Waals surface area (Å²) in [4.78, 5) is 17.4. The maximum Gasteiger partial charge on any atom is 0.328 e. The molecule has 0 bridgehead atoms. The highest BCUT2D eigenvalue weighted by atomic mass is 35.5. The Labute approximate surface area is 239 Å². The van der Waals surface area contributed by atoms with E-state index < -0.39 is 38.2 Å². The number of carboxylic acids is 1. The van der Waals surface area contributed by atoms with Crippen LogP contribution in [0.1, 0.15) is 27.7 Å². The van der Waals surface area contributed by atoms with Crippen molar-refractivity contribution in [3.05, 3.63) is 77.0 Å². The Kier molecular flexibility index (Phi) is 8.14. The third-order valence-electron chi connectivity index (χ3n) is 6.10. The lowest BCUT2D eigenvalue weighted by molar-refractivity contribution is -0.140. The van der Waals surface area contributed by atoms with Gasteiger partial charge in [0.25, 0.3) is 10.0 Å². The summed E-state index contributed by atoms with van der Waals surface area (Å²) in [6.45, 7) is 6.81. The van der Waals surface area contributed by atoms with Crippen molar-refractivity contribution in [3.63, 3.8) is 0 Å². The van der Waals surface area contributed by atoms with Crippen LogP contribution in [0.25, 0.3) is 16.7 Å². The smallest absolute Gasteiger partial charge is 0.328 e. The molecule has 2 heterocycles. The summed E-state index contributed by atoms with van der Waals surface area (Å²) in [7, 11) is -5.59. The Morgan fingerprint density at radius 2 is 1.74 bits per heavy atom. The molecule has 0 saturated carbocycles. The van der Waals surface area contributed by atoms with E-state index in [1.54, 1.807) is 74.1 Å². The number of carbonyl (C=O) groups is 1. The minimum Gasteiger partial charge on any atom is -0.480 e. The van der Waals surface area contributed by atoms with Gasteiger partial charge in [-0.05, 0) is 60.0 Å². The number of carboxylic acid groups (broad SMARTS) is 1. The molecule has 1 N–H and O–H groups in total. The molecule has 2 aromatic heterocycles. The van der Waals surface area contributed by atoms with Gasteiger partial charge in [0.15, 0.2) is 0 Å². The first-order valence-corrected chi connectivity index (χ1v) is 15.4. The van der Waals surface area contributed by atoms with Crippen LogP contribution >= 0.6 is 23.2 Å². The molecule has 39 heavy (non-hydrogen) atoms. The number of hydrogen-bond donors (Lipinski definition) is 1. The van der Waals surface area contributed by atoms with E-state index in [4.69, 9.17) is 23.2 Å². The zero-order valence-electron chi connectivity index (χ0n) is 21.6. The summed E-state index contributed by atoms with van der Waals surface area (Å²) in [6, 6.07) is 12.5. The van der Waals surface area contributed by atoms with Crippen LogP contribution in [0.2, 0.25) is 10.0 Å². The van der Waals surface area contributed by atoms with Crippen molar-refractivity contribution in [2.75, 3.05) is 10.1 Å². The molecule has 2 unspecified atom stereocenters. The largest absolute Gasteiger partial charge is 0.480 e. The number of rotatable bonds is 8. The van der Waals surface area contributed by atoms with Crippen LogP contribution in [0.3, 0.4) is 0 Å². The van der Waals surface area contributed by atoms with Gasteiger partial charge in [0.1, 0.15) is 11.9 Å². The number of aliphatic carboxylic acids is 1. The van der Waals surface area contributed by atoms with Crippen molar-refractivity contribution in [1.82, 2.24) is 9.55 Å². The molecule has 4 rings (SSSR count). The van der Waals surface area contributed by atoms with E-state index in [0.29, 0.717) is 27.4 Å². The predicted molar refractivity (Wildman–Crippen MR) is 155 cm³/mol. The van der Waals surface area contributed by atoms with Gasteiger partial charge in [-0.25, -0.2) is 18.2 Å². The molecule has 206 valence electrons. The Balaban J connectivity index is 1.91. The van der Waals surface area contributed by atoms with Crippen LogP contribution in [0.15, 0.2) is 76.8 Å². The summed E-state index contributed by atoms with van der Waals surface area (Å²) in [5, 5.41) is 11.1. The number of benzene rings is 2. The quantitative estimate of drug-likeness (QED) is 0.257. The van der Waals surface area contributed by atoms with Gasteiger partial charge in [0.2, 0.25) is 0 Å². The van der Waals surface area contributed by atoms with E-state index in [1.165, 1.54) is 18.2 Å². The number of hydrogen-bond acceptors (Lipinski definition) is 5. The number of anilines is 1. The first-order valence-electron chi connectivity index (χ1n) is 11.9. The summed E-state index contributed by atoms with van der Waals surface area (Å²) in [5.41, 5.74) is -0.120. The molecule has 0 spiro atoms. The average Bonchev–Trinajstić information content (AvgIpc) is 3.28. The summed E-state index contributed by atoms with van der Waals surface area (Å²) in [5.74, 6) is -0.282. The van der Waals surface area contributed by atoms with Crippen molar-refractivity contribution >= 4 is 66.6 Å². The van der Waals surface area contributed by atoms with Crippen molar-refractivity contribution < 1.29 is 22.5 Å². The van der Waals surface area contributed by atoms with E-state index in [-0.39, 0.29) is 20.6 Å². The molecule has 2 atom stereocenters. The molecular formula is C27H27Cl2N3O5S2. The number of fused-ring (bicyclic) bond motifs is 1. The number of halogens is 2. The number of pyridine rings is 1. The molecule has 0 aliphatic heterocycles. The lowest BCUT2D eigenvalue weighted by Gasteiger charge is -2.37. The number of nitrogens with zero attached hydrogens (tertiary/aromatic N) is 3. The predicted octanol–water partition coefficient (Wildman–Crippen LogP) is 6.15. The molecule has 0 amide bonds. The second-order valence-electron chi connectivity index (χ2n) is 9.93. The van der Waals surface area contributed by atoms with Gasteiger partial charge in [-0.1, -0.05) is 50.9 Å². The monoisotopic (exact) mass is 607 g/mol. The lowest BCUT2D eigenvalue weighted by atomic mass is 9.86. The fourth-order valence-electron chi connectivity index (χ4n) is 4.35. The molecule has 4 aromatic rings. The zero-order valence-corrected chi connectivity index (χ0v) is 24.8. The van der Waals surface area contributed by atoms with Gasteiger partial charge in [0, 0.05) is 38.5 Å². The van der Waals surface area contributed by atoms with Gasteiger partial charge >= 0.3 is 5.97 Å². The minimum absolute atomic E-state index is 0.106. The maximum absolute atomic E-state index is 14.0. The fraction of sp³-hybridized carbons (Fsp3) is 0.259. The highest BCUT2D eigenvalue weighted by Gasteiger charge is 2.43. The molecule has 0 radical (unpaired) electrons. The SMILES string of the molecule is CCS(=O)c1ccnc(-n2ccc3cc(N(C(C(=O)O)C(C)(C)C)S(=O)(=O)c4cc(Cl)cc(Cl)c4)ccc32)c1. The number of aromatic nitrogens is 2. The van der Waals surface area contributed by atoms with Gasteiger partial charge in [-0.2, -0.15) is 0 Å². The van der Waals surface area contributed by atoms with E-state index in [1.807, 2.05) is 6.92 Å². The maximum atomic E-state index is 14.0. The van der Waals surface area contributed by atoms with Crippen molar-refractivity contribution in [2.45, 2.75) is 43.5 Å². The molecule has 0 aliphatic rings. The van der Waals surface area contributed by atoms with Crippen molar-refractivity contribution in [3.8, 4) is 5.82 Å². The highest BCUT2D eigenvalue weighted by Crippen LogP contribution is 2.37. The number of sulfonamides is 1. The normalized spacial score (nSPS) is 13.8. The standard InChI is InChI=1S/C27H27Cl2N3O5S2/c1-5-38(35)21-8-10-30-24(16-21)31-11-9-17-12-20(6-7-23(17)31)32(25(26(33)34)27(2,3)4)39(36,37)22-14-18(28)13-19(29)15-22/h6-16,25H,5H2,1-4H3,(H,33,34). The van der Waals surface area contributed by atoms with Crippen LogP contribution in [-0.2, 0) is 25.6 Å². The molecule has 0 fully saturated rings. The summed E-state index contributed by atoms with van der Waals surface area (Å²) in [6.07, 6.45) is 3.35.